The van der Waals surface area contributed by atoms with Gasteiger partial charge in [0.25, 0.3) is 0 Å². The van der Waals surface area contributed by atoms with E-state index in [0.29, 0.717) is 0 Å². The lowest BCUT2D eigenvalue weighted by Gasteiger charge is -1.21. The number of hydrogen-bond acceptors (Lipinski definition) is 1. The number of rotatable bonds is 0. The first-order chi connectivity index (χ1) is 1.00. The summed E-state index contributed by atoms with van der Waals surface area (Å²) in [6, 6.07) is 0. The Kier molecular flexibility index (Phi) is 4690. The largest absolute Gasteiger partial charge is 0.412 e. The van der Waals surface area contributed by atoms with Crippen LogP contribution in [0.15, 0.2) is 0 Å². The standard InChI is InChI=1S/CH4O.FH.H2O/c1-2;;/h2H,1H3;1H;1H2. The molecule has 0 heterocycles. The molecule has 3 N–H and O–H groups in total. The van der Waals surface area contributed by atoms with E-state index in [1.54, 1.807) is 0 Å². The Morgan fingerprint density at radius 1 is 1.25 bits per heavy atom. The van der Waals surface area contributed by atoms with Gasteiger partial charge in [0.2, 0.25) is 0 Å². The lowest BCUT2D eigenvalue weighted by molar-refractivity contribution is 0.399. The minimum absolute atomic E-state index is 0. The molecular formula is CH7FO2. The van der Waals surface area contributed by atoms with E-state index in [2.05, 4.69) is 0 Å². The molecule has 3 heteroatoms. The van der Waals surface area contributed by atoms with Gasteiger partial charge < -0.3 is 10.6 Å². The van der Waals surface area contributed by atoms with E-state index in [1.807, 2.05) is 0 Å². The van der Waals surface area contributed by atoms with Crippen molar-refractivity contribution < 1.29 is 15.3 Å². The van der Waals surface area contributed by atoms with Crippen LogP contribution in [-0.2, 0) is 0 Å². The zero-order chi connectivity index (χ0) is 2.00. The molecule has 0 aliphatic carbocycles. The summed E-state index contributed by atoms with van der Waals surface area (Å²) in [7, 11) is 1.00. The van der Waals surface area contributed by atoms with Crippen molar-refractivity contribution in [2.24, 2.45) is 0 Å². The Morgan fingerprint density at radius 3 is 1.25 bits per heavy atom. The normalized spacial score (nSPS) is 1.50. The third-order valence-corrected chi connectivity index (χ3v) is 0. The SMILES string of the molecule is CO.F.O. The fraction of sp³-hybridized carbons (Fsp3) is 1.00. The summed E-state index contributed by atoms with van der Waals surface area (Å²) in [4.78, 5) is 0. The molecule has 0 saturated carbocycles. The lowest BCUT2D eigenvalue weighted by atomic mass is 11.8. The molecule has 0 spiro atoms. The second kappa shape index (κ2) is 434. The van der Waals surface area contributed by atoms with E-state index >= 15 is 0 Å². The van der Waals surface area contributed by atoms with E-state index < -0.39 is 0 Å². The Morgan fingerprint density at radius 2 is 1.25 bits per heavy atom. The van der Waals surface area contributed by atoms with E-state index in [1.165, 1.54) is 0 Å². The molecular weight excluding hydrogens is 63.0 g/mol. The molecule has 0 aromatic heterocycles. The molecule has 0 aliphatic rings. The molecule has 0 atom stereocenters. The van der Waals surface area contributed by atoms with Crippen LogP contribution in [0.4, 0.5) is 4.70 Å². The van der Waals surface area contributed by atoms with Gasteiger partial charge >= 0.3 is 0 Å². The molecule has 0 unspecified atom stereocenters. The maximum atomic E-state index is 7.00. The van der Waals surface area contributed by atoms with Gasteiger partial charge in [-0.15, -0.1) is 0 Å². The maximum Gasteiger partial charge on any atom is 0.0319 e. The van der Waals surface area contributed by atoms with Crippen LogP contribution in [0.5, 0.6) is 0 Å². The molecule has 0 saturated heterocycles. The zero-order valence-electron chi connectivity index (χ0n) is 2.36. The summed E-state index contributed by atoms with van der Waals surface area (Å²) < 4.78 is 0. The van der Waals surface area contributed by atoms with Gasteiger partial charge in [-0.2, -0.15) is 0 Å². The lowest BCUT2D eigenvalue weighted by Crippen LogP contribution is -1.25. The summed E-state index contributed by atoms with van der Waals surface area (Å²) >= 11 is 0. The highest BCUT2D eigenvalue weighted by Crippen LogP contribution is 0.755. The van der Waals surface area contributed by atoms with Crippen LogP contribution in [0.1, 0.15) is 0 Å². The first kappa shape index (κ1) is 43.3. The van der Waals surface area contributed by atoms with Crippen molar-refractivity contribution in [3.8, 4) is 0 Å². The van der Waals surface area contributed by atoms with Gasteiger partial charge in [-0.25, -0.2) is 0 Å². The topological polar surface area (TPSA) is 51.7 Å². The van der Waals surface area contributed by atoms with Gasteiger partial charge in [-0.1, -0.05) is 0 Å². The molecule has 0 aromatic rings. The van der Waals surface area contributed by atoms with Crippen molar-refractivity contribution in [3.05, 3.63) is 0 Å². The fourth-order valence-corrected chi connectivity index (χ4v) is 0. The average molecular weight is 70.1 g/mol. The number of aliphatic hydroxyl groups excluding tert-OH is 1. The first-order valence-electron chi connectivity index (χ1n) is 0.447. The molecule has 0 fully saturated rings. The predicted octanol–water partition coefficient (Wildman–Crippen LogP) is -1.06. The van der Waals surface area contributed by atoms with Crippen molar-refractivity contribution in [1.82, 2.24) is 0 Å². The monoisotopic (exact) mass is 70.0 g/mol. The summed E-state index contributed by atoms with van der Waals surface area (Å²) in [6.45, 7) is 0. The van der Waals surface area contributed by atoms with Crippen LogP contribution < -0.4 is 0 Å². The van der Waals surface area contributed by atoms with Crippen molar-refractivity contribution in [3.63, 3.8) is 0 Å². The quantitative estimate of drug-likeness (QED) is 0.388. The summed E-state index contributed by atoms with van der Waals surface area (Å²) in [5, 5.41) is 7.00. The van der Waals surface area contributed by atoms with E-state index in [4.69, 9.17) is 5.11 Å². The average Bonchev–Trinajstić information content (AvgIpc) is 1.00. The second-order valence-corrected chi connectivity index (χ2v) is 0. The van der Waals surface area contributed by atoms with Crippen LogP contribution in [0, 0.1) is 0 Å². The highest BCUT2D eigenvalue weighted by Gasteiger charge is 0.839. The number of aliphatic hydroxyl groups is 1. The molecule has 0 radical (unpaired) electrons. The van der Waals surface area contributed by atoms with Crippen molar-refractivity contribution in [1.29, 1.82) is 0 Å². The molecule has 0 aromatic carbocycles. The molecule has 0 bridgehead atoms. The summed E-state index contributed by atoms with van der Waals surface area (Å²) in [5.74, 6) is 0. The molecule has 30 valence electrons. The van der Waals surface area contributed by atoms with Crippen LogP contribution in [-0.4, -0.2) is 17.7 Å². The van der Waals surface area contributed by atoms with Crippen LogP contribution in [0.25, 0.3) is 0 Å². The van der Waals surface area contributed by atoms with E-state index in [0.717, 1.165) is 7.11 Å². The second-order valence-electron chi connectivity index (χ2n) is 0. The molecule has 0 amide bonds. The smallest absolute Gasteiger partial charge is 0.0319 e. The van der Waals surface area contributed by atoms with E-state index in [9.17, 15) is 0 Å². The fourth-order valence-electron chi connectivity index (χ4n) is 0. The van der Waals surface area contributed by atoms with Gasteiger partial charge in [0.1, 0.15) is 0 Å². The van der Waals surface area contributed by atoms with Gasteiger partial charge in [0, 0.05) is 7.11 Å². The van der Waals surface area contributed by atoms with Gasteiger partial charge in [-0.3, -0.25) is 4.70 Å². The van der Waals surface area contributed by atoms with Crippen LogP contribution >= 0.6 is 0 Å². The minimum Gasteiger partial charge on any atom is -0.412 e. The third kappa shape index (κ3) is 59.4. The summed E-state index contributed by atoms with van der Waals surface area (Å²) in [5.41, 5.74) is 0. The minimum atomic E-state index is 0. The Hall–Kier alpha value is -0.150. The Bertz CT molecular complexity index is 6.00. The third-order valence-electron chi connectivity index (χ3n) is 0. The highest BCUT2D eigenvalue weighted by atomic mass is 19.0. The molecule has 2 nitrogen and oxygen atoms in total. The van der Waals surface area contributed by atoms with Crippen LogP contribution in [0.2, 0.25) is 0 Å². The molecule has 0 rings (SSSR count). The van der Waals surface area contributed by atoms with E-state index in [-0.39, 0.29) is 10.2 Å². The maximum absolute atomic E-state index is 7.00. The summed E-state index contributed by atoms with van der Waals surface area (Å²) in [6.07, 6.45) is 0. The predicted molar refractivity (Wildman–Crippen MR) is 14.3 cm³/mol. The molecule has 0 aliphatic heterocycles. The van der Waals surface area contributed by atoms with Crippen molar-refractivity contribution in [2.45, 2.75) is 0 Å². The van der Waals surface area contributed by atoms with Crippen LogP contribution in [0.3, 0.4) is 0 Å². The Labute approximate surface area is 23.7 Å². The van der Waals surface area contributed by atoms with Gasteiger partial charge in [-0.05, 0) is 0 Å². The first-order valence-corrected chi connectivity index (χ1v) is 0.447. The highest BCUT2D eigenvalue weighted by molar-refractivity contribution is 3.18. The Balaban J connectivity index is -0.00000000500. The molecule has 4 heavy (non-hydrogen) atoms. The number of hydrogen-bond donors (Lipinski definition) is 1. The number of halogens is 1. The van der Waals surface area contributed by atoms with Crippen molar-refractivity contribution in [2.75, 3.05) is 7.11 Å². The van der Waals surface area contributed by atoms with Gasteiger partial charge in [0.05, 0.1) is 0 Å². The zero-order valence-corrected chi connectivity index (χ0v) is 2.36. The van der Waals surface area contributed by atoms with Crippen molar-refractivity contribution >= 4 is 0 Å². The van der Waals surface area contributed by atoms with Gasteiger partial charge in [0.15, 0.2) is 0 Å².